The molecule has 1 atom stereocenters. The van der Waals surface area contributed by atoms with Gasteiger partial charge in [-0.2, -0.15) is 0 Å². The Morgan fingerprint density at radius 3 is 2.64 bits per heavy atom. The van der Waals surface area contributed by atoms with E-state index in [4.69, 9.17) is 9.84 Å². The Bertz CT molecular complexity index is 1070. The number of H-pyrrole nitrogens is 1. The summed E-state index contributed by atoms with van der Waals surface area (Å²) in [6, 6.07) is 10.9. The summed E-state index contributed by atoms with van der Waals surface area (Å²) in [6.07, 6.45) is -0.952. The Hall–Kier alpha value is -2.67. The van der Waals surface area contributed by atoms with E-state index in [0.717, 1.165) is 27.7 Å². The molecule has 3 aromatic rings. The SMILES string of the molecule is CC1(C)c2cc(OC[C@H](O)CO)ccc2C(=O)c2c1[nH]c1cc(CO)ccc21. The highest BCUT2D eigenvalue weighted by molar-refractivity contribution is 6.20. The lowest BCUT2D eigenvalue weighted by Gasteiger charge is -2.32. The first-order chi connectivity index (χ1) is 13.4. The Morgan fingerprint density at radius 1 is 1.14 bits per heavy atom. The lowest BCUT2D eigenvalue weighted by molar-refractivity contribution is 0.0535. The molecule has 0 bridgehead atoms. The molecular formula is C22H23NO5. The predicted octanol–water partition coefficient (Wildman–Crippen LogP) is 2.26. The standard InChI is InChI=1S/C22H23NO5/c1-22(2)17-8-14(28-11-13(26)10-25)4-6-15(17)20(27)19-16-5-3-12(9-24)7-18(16)23-21(19)22/h3-8,13,23-26H,9-11H2,1-2H3/t13-/m1/s1. The van der Waals surface area contributed by atoms with Gasteiger partial charge in [0.25, 0.3) is 0 Å². The highest BCUT2D eigenvalue weighted by atomic mass is 16.5. The number of hydrogen-bond donors (Lipinski definition) is 4. The molecule has 1 aliphatic carbocycles. The zero-order valence-corrected chi connectivity index (χ0v) is 15.8. The summed E-state index contributed by atoms with van der Waals surface area (Å²) in [4.78, 5) is 16.7. The molecule has 28 heavy (non-hydrogen) atoms. The van der Waals surface area contributed by atoms with Gasteiger partial charge in [0.2, 0.25) is 0 Å². The Balaban J connectivity index is 1.82. The van der Waals surface area contributed by atoms with Crippen LogP contribution in [0.3, 0.4) is 0 Å². The number of fused-ring (bicyclic) bond motifs is 4. The van der Waals surface area contributed by atoms with Crippen molar-refractivity contribution in [3.63, 3.8) is 0 Å². The van der Waals surface area contributed by atoms with Gasteiger partial charge in [0, 0.05) is 27.6 Å². The van der Waals surface area contributed by atoms with Gasteiger partial charge in [-0.05, 0) is 35.4 Å². The summed E-state index contributed by atoms with van der Waals surface area (Å²) in [6.45, 7) is 3.64. The Labute approximate surface area is 162 Å². The molecule has 1 aromatic heterocycles. The molecule has 1 aliphatic rings. The van der Waals surface area contributed by atoms with Crippen LogP contribution in [0.1, 0.15) is 46.6 Å². The van der Waals surface area contributed by atoms with Crippen molar-refractivity contribution in [2.45, 2.75) is 32.0 Å². The lowest BCUT2D eigenvalue weighted by atomic mass is 9.71. The van der Waals surface area contributed by atoms with E-state index in [0.29, 0.717) is 16.9 Å². The monoisotopic (exact) mass is 381 g/mol. The van der Waals surface area contributed by atoms with Crippen LogP contribution in [-0.2, 0) is 12.0 Å². The van der Waals surface area contributed by atoms with Crippen LogP contribution in [0.25, 0.3) is 10.9 Å². The van der Waals surface area contributed by atoms with Gasteiger partial charge in [0.1, 0.15) is 18.5 Å². The molecule has 0 spiro atoms. The molecule has 0 radical (unpaired) electrons. The number of hydrogen-bond acceptors (Lipinski definition) is 5. The molecule has 0 saturated carbocycles. The van der Waals surface area contributed by atoms with E-state index in [1.54, 1.807) is 12.1 Å². The summed E-state index contributed by atoms with van der Waals surface area (Å²) < 4.78 is 5.57. The van der Waals surface area contributed by atoms with Crippen molar-refractivity contribution in [2.75, 3.05) is 13.2 Å². The van der Waals surface area contributed by atoms with Crippen LogP contribution in [0, 0.1) is 0 Å². The van der Waals surface area contributed by atoms with Gasteiger partial charge in [-0.3, -0.25) is 4.79 Å². The molecule has 0 unspecified atom stereocenters. The van der Waals surface area contributed by atoms with E-state index in [1.807, 2.05) is 38.1 Å². The number of ether oxygens (including phenoxy) is 1. The lowest BCUT2D eigenvalue weighted by Crippen LogP contribution is -2.30. The molecule has 146 valence electrons. The number of ketones is 1. The number of aromatic amines is 1. The number of rotatable bonds is 5. The average molecular weight is 381 g/mol. The number of aliphatic hydroxyl groups excluding tert-OH is 3. The van der Waals surface area contributed by atoms with Crippen molar-refractivity contribution in [1.82, 2.24) is 4.98 Å². The first kappa shape index (κ1) is 18.7. The normalized spacial score (nSPS) is 16.0. The fourth-order valence-electron chi connectivity index (χ4n) is 3.89. The number of aromatic nitrogens is 1. The van der Waals surface area contributed by atoms with Crippen molar-refractivity contribution < 1.29 is 24.9 Å². The van der Waals surface area contributed by atoms with Crippen molar-refractivity contribution in [1.29, 1.82) is 0 Å². The predicted molar refractivity (Wildman–Crippen MR) is 105 cm³/mol. The number of benzene rings is 2. The minimum atomic E-state index is -0.952. The van der Waals surface area contributed by atoms with Crippen LogP contribution in [-0.4, -0.2) is 45.4 Å². The van der Waals surface area contributed by atoms with E-state index in [9.17, 15) is 15.0 Å². The maximum Gasteiger partial charge on any atom is 0.195 e. The number of carbonyl (C=O) groups excluding carboxylic acids is 1. The molecule has 1 heterocycles. The molecule has 4 N–H and O–H groups in total. The summed E-state index contributed by atoms with van der Waals surface area (Å²) in [5, 5.41) is 28.7. The van der Waals surface area contributed by atoms with E-state index in [1.165, 1.54) is 0 Å². The second-order valence-electron chi connectivity index (χ2n) is 7.72. The van der Waals surface area contributed by atoms with Gasteiger partial charge >= 0.3 is 0 Å². The van der Waals surface area contributed by atoms with Crippen molar-refractivity contribution in [3.8, 4) is 5.75 Å². The molecule has 0 amide bonds. The van der Waals surface area contributed by atoms with E-state index in [2.05, 4.69) is 4.98 Å². The zero-order chi connectivity index (χ0) is 20.1. The third kappa shape index (κ3) is 2.81. The second kappa shape index (κ2) is 6.74. The van der Waals surface area contributed by atoms with E-state index < -0.39 is 11.5 Å². The molecule has 6 nitrogen and oxygen atoms in total. The van der Waals surface area contributed by atoms with E-state index >= 15 is 0 Å². The van der Waals surface area contributed by atoms with Gasteiger partial charge in [-0.1, -0.05) is 26.0 Å². The Kier molecular flexibility index (Phi) is 4.50. The molecule has 6 heteroatoms. The van der Waals surface area contributed by atoms with Gasteiger partial charge in [-0.15, -0.1) is 0 Å². The maximum atomic E-state index is 13.3. The molecule has 2 aromatic carbocycles. The van der Waals surface area contributed by atoms with Gasteiger partial charge < -0.3 is 25.0 Å². The molecular weight excluding hydrogens is 358 g/mol. The van der Waals surface area contributed by atoms with Crippen LogP contribution < -0.4 is 4.74 Å². The third-order valence-corrected chi connectivity index (χ3v) is 5.46. The van der Waals surface area contributed by atoms with Crippen molar-refractivity contribution in [3.05, 3.63) is 64.3 Å². The highest BCUT2D eigenvalue weighted by Crippen LogP contribution is 2.44. The summed E-state index contributed by atoms with van der Waals surface area (Å²) in [5.41, 5.74) is 4.12. The first-order valence-corrected chi connectivity index (χ1v) is 9.23. The van der Waals surface area contributed by atoms with Crippen LogP contribution in [0.2, 0.25) is 0 Å². The van der Waals surface area contributed by atoms with Crippen LogP contribution >= 0.6 is 0 Å². The summed E-state index contributed by atoms with van der Waals surface area (Å²) >= 11 is 0. The second-order valence-corrected chi connectivity index (χ2v) is 7.72. The van der Waals surface area contributed by atoms with Crippen LogP contribution in [0.4, 0.5) is 0 Å². The first-order valence-electron chi connectivity index (χ1n) is 9.23. The minimum Gasteiger partial charge on any atom is -0.491 e. The van der Waals surface area contributed by atoms with Gasteiger partial charge in [0.05, 0.1) is 18.8 Å². The Morgan fingerprint density at radius 2 is 1.93 bits per heavy atom. The summed E-state index contributed by atoms with van der Waals surface area (Å²) in [7, 11) is 0. The smallest absolute Gasteiger partial charge is 0.195 e. The van der Waals surface area contributed by atoms with Crippen LogP contribution in [0.15, 0.2) is 36.4 Å². The number of carbonyl (C=O) groups is 1. The van der Waals surface area contributed by atoms with Gasteiger partial charge in [-0.25, -0.2) is 0 Å². The number of aliphatic hydroxyl groups is 3. The summed E-state index contributed by atoms with van der Waals surface area (Å²) in [5.74, 6) is 0.489. The van der Waals surface area contributed by atoms with Crippen molar-refractivity contribution >= 4 is 16.7 Å². The fourth-order valence-corrected chi connectivity index (χ4v) is 3.89. The van der Waals surface area contributed by atoms with Crippen LogP contribution in [0.5, 0.6) is 5.75 Å². The zero-order valence-electron chi connectivity index (χ0n) is 15.8. The molecule has 0 fully saturated rings. The fraction of sp³-hybridized carbons (Fsp3) is 0.318. The molecule has 0 aliphatic heterocycles. The number of nitrogens with one attached hydrogen (secondary N) is 1. The minimum absolute atomic E-state index is 0.0226. The average Bonchev–Trinajstić information content (AvgIpc) is 3.10. The van der Waals surface area contributed by atoms with E-state index in [-0.39, 0.29) is 25.6 Å². The quantitative estimate of drug-likeness (QED) is 0.543. The third-order valence-electron chi connectivity index (χ3n) is 5.46. The highest BCUT2D eigenvalue weighted by Gasteiger charge is 2.39. The van der Waals surface area contributed by atoms with Gasteiger partial charge in [0.15, 0.2) is 5.78 Å². The maximum absolute atomic E-state index is 13.3. The molecule has 4 rings (SSSR count). The largest absolute Gasteiger partial charge is 0.491 e. The topological polar surface area (TPSA) is 103 Å². The van der Waals surface area contributed by atoms with Crippen molar-refractivity contribution in [2.24, 2.45) is 0 Å². The molecule has 0 saturated heterocycles.